The fourth-order valence-corrected chi connectivity index (χ4v) is 1.60. The van der Waals surface area contributed by atoms with Crippen LogP contribution in [0.2, 0.25) is 0 Å². The minimum absolute atomic E-state index is 0.00995. The Morgan fingerprint density at radius 2 is 2.25 bits per heavy atom. The molecule has 0 fully saturated rings. The van der Waals surface area contributed by atoms with Gasteiger partial charge in [-0.1, -0.05) is 0 Å². The molecule has 0 spiro atoms. The van der Waals surface area contributed by atoms with Gasteiger partial charge in [-0.3, -0.25) is 14.9 Å². The number of nitrogens with one attached hydrogen (secondary N) is 1. The SMILES string of the molecule is CN(C)C(=O)CCNc1nc2cc([N+](=O)[O-])ccc2o1. The van der Waals surface area contributed by atoms with Crippen LogP contribution >= 0.6 is 0 Å². The van der Waals surface area contributed by atoms with Crippen LogP contribution in [0.4, 0.5) is 11.7 Å². The van der Waals surface area contributed by atoms with Crippen LogP contribution in [0.1, 0.15) is 6.42 Å². The molecule has 8 nitrogen and oxygen atoms in total. The summed E-state index contributed by atoms with van der Waals surface area (Å²) in [4.78, 5) is 27.1. The van der Waals surface area contributed by atoms with Crippen LogP contribution < -0.4 is 5.32 Å². The van der Waals surface area contributed by atoms with Gasteiger partial charge in [0.25, 0.3) is 11.7 Å². The second kappa shape index (κ2) is 5.55. The third-order valence-electron chi connectivity index (χ3n) is 2.70. The molecular formula is C12H14N4O4. The number of nitro groups is 1. The third-order valence-corrected chi connectivity index (χ3v) is 2.70. The van der Waals surface area contributed by atoms with Crippen LogP contribution in [-0.2, 0) is 4.79 Å². The molecule has 8 heteroatoms. The Hall–Kier alpha value is -2.64. The van der Waals surface area contributed by atoms with E-state index in [2.05, 4.69) is 10.3 Å². The van der Waals surface area contributed by atoms with Crippen LogP contribution in [-0.4, -0.2) is 41.4 Å². The molecule has 0 bridgehead atoms. The van der Waals surface area contributed by atoms with E-state index >= 15 is 0 Å². The van der Waals surface area contributed by atoms with Crippen molar-refractivity contribution in [2.45, 2.75) is 6.42 Å². The van der Waals surface area contributed by atoms with Crippen molar-refractivity contribution in [2.75, 3.05) is 26.0 Å². The molecule has 0 aliphatic rings. The van der Waals surface area contributed by atoms with Crippen LogP contribution in [0.15, 0.2) is 22.6 Å². The van der Waals surface area contributed by atoms with Gasteiger partial charge in [0, 0.05) is 39.2 Å². The molecule has 1 heterocycles. The number of carbonyl (C=O) groups is 1. The minimum Gasteiger partial charge on any atom is -0.424 e. The Labute approximate surface area is 114 Å². The number of aromatic nitrogens is 1. The topological polar surface area (TPSA) is 102 Å². The van der Waals surface area contributed by atoms with Gasteiger partial charge >= 0.3 is 0 Å². The van der Waals surface area contributed by atoms with Gasteiger partial charge in [0.05, 0.1) is 4.92 Å². The number of non-ortho nitro benzene ring substituents is 1. The summed E-state index contributed by atoms with van der Waals surface area (Å²) < 4.78 is 5.38. The summed E-state index contributed by atoms with van der Waals surface area (Å²) in [7, 11) is 3.36. The molecule has 0 unspecified atom stereocenters. The first kappa shape index (κ1) is 13.8. The number of nitrogens with zero attached hydrogens (tertiary/aromatic N) is 3. The first-order valence-corrected chi connectivity index (χ1v) is 5.96. The van der Waals surface area contributed by atoms with E-state index < -0.39 is 4.92 Å². The summed E-state index contributed by atoms with van der Waals surface area (Å²) in [5.74, 6) is -0.00995. The first-order valence-electron chi connectivity index (χ1n) is 5.96. The number of anilines is 1. The van der Waals surface area contributed by atoms with E-state index in [4.69, 9.17) is 4.42 Å². The summed E-state index contributed by atoms with van der Waals surface area (Å²) in [6.07, 6.45) is 0.311. The highest BCUT2D eigenvalue weighted by atomic mass is 16.6. The summed E-state index contributed by atoms with van der Waals surface area (Å²) in [5, 5.41) is 13.5. The fraction of sp³-hybridized carbons (Fsp3) is 0.333. The summed E-state index contributed by atoms with van der Waals surface area (Å²) in [6.45, 7) is 0.381. The Bertz CT molecular complexity index is 650. The molecule has 1 aromatic carbocycles. The van der Waals surface area contributed by atoms with Crippen molar-refractivity contribution in [3.63, 3.8) is 0 Å². The molecule has 2 aromatic rings. The van der Waals surface area contributed by atoms with Gasteiger partial charge in [-0.2, -0.15) is 4.98 Å². The molecule has 1 aromatic heterocycles. The highest BCUT2D eigenvalue weighted by molar-refractivity contribution is 5.78. The Balaban J connectivity index is 2.05. The Morgan fingerprint density at radius 3 is 2.90 bits per heavy atom. The van der Waals surface area contributed by atoms with Crippen molar-refractivity contribution in [3.05, 3.63) is 28.3 Å². The van der Waals surface area contributed by atoms with Crippen molar-refractivity contribution in [1.29, 1.82) is 0 Å². The lowest BCUT2D eigenvalue weighted by Crippen LogP contribution is -2.23. The van der Waals surface area contributed by atoms with Crippen LogP contribution in [0.5, 0.6) is 0 Å². The smallest absolute Gasteiger partial charge is 0.295 e. The number of oxazole rings is 1. The average Bonchev–Trinajstić information content (AvgIpc) is 2.79. The number of benzene rings is 1. The highest BCUT2D eigenvalue weighted by Gasteiger charge is 2.11. The summed E-state index contributed by atoms with van der Waals surface area (Å²) in [6, 6.07) is 4.44. The highest BCUT2D eigenvalue weighted by Crippen LogP contribution is 2.23. The van der Waals surface area contributed by atoms with Crippen LogP contribution in [0.25, 0.3) is 11.1 Å². The molecule has 1 N–H and O–H groups in total. The average molecular weight is 278 g/mol. The van der Waals surface area contributed by atoms with Crippen molar-refractivity contribution in [2.24, 2.45) is 0 Å². The van der Waals surface area contributed by atoms with Crippen molar-refractivity contribution in [1.82, 2.24) is 9.88 Å². The van der Waals surface area contributed by atoms with Crippen molar-refractivity contribution in [3.8, 4) is 0 Å². The predicted molar refractivity (Wildman–Crippen MR) is 72.5 cm³/mol. The maximum Gasteiger partial charge on any atom is 0.295 e. The maximum atomic E-state index is 11.4. The van der Waals surface area contributed by atoms with E-state index in [1.165, 1.54) is 23.1 Å². The molecule has 0 radical (unpaired) electrons. The molecular weight excluding hydrogens is 264 g/mol. The number of fused-ring (bicyclic) bond motifs is 1. The van der Waals surface area contributed by atoms with Crippen LogP contribution in [0.3, 0.4) is 0 Å². The molecule has 0 aliphatic heterocycles. The van der Waals surface area contributed by atoms with Gasteiger partial charge in [0.15, 0.2) is 5.58 Å². The van der Waals surface area contributed by atoms with Crippen LogP contribution in [0, 0.1) is 10.1 Å². The van der Waals surface area contributed by atoms with Gasteiger partial charge in [0.1, 0.15) is 5.52 Å². The molecule has 0 saturated heterocycles. The van der Waals surface area contributed by atoms with E-state index in [1.807, 2.05) is 0 Å². The molecule has 0 atom stereocenters. The lowest BCUT2D eigenvalue weighted by Gasteiger charge is -2.09. The Kier molecular flexibility index (Phi) is 3.83. The van der Waals surface area contributed by atoms with E-state index in [0.29, 0.717) is 24.1 Å². The van der Waals surface area contributed by atoms with Gasteiger partial charge in [0.2, 0.25) is 5.91 Å². The lowest BCUT2D eigenvalue weighted by molar-refractivity contribution is -0.384. The van der Waals surface area contributed by atoms with E-state index in [0.717, 1.165) is 0 Å². The van der Waals surface area contributed by atoms with Crippen molar-refractivity contribution >= 4 is 28.7 Å². The zero-order valence-corrected chi connectivity index (χ0v) is 11.1. The second-order valence-electron chi connectivity index (χ2n) is 4.39. The molecule has 1 amide bonds. The number of rotatable bonds is 5. The van der Waals surface area contributed by atoms with E-state index in [1.54, 1.807) is 14.1 Å². The standard InChI is InChI=1S/C12H14N4O4/c1-15(2)11(17)5-6-13-12-14-9-7-8(16(18)19)3-4-10(9)20-12/h3-4,7H,5-6H2,1-2H3,(H,13,14). The number of carbonyl (C=O) groups excluding carboxylic acids is 1. The quantitative estimate of drug-likeness (QED) is 0.658. The van der Waals surface area contributed by atoms with E-state index in [9.17, 15) is 14.9 Å². The monoisotopic (exact) mass is 278 g/mol. The first-order chi connectivity index (χ1) is 9.47. The molecule has 0 aliphatic carbocycles. The summed E-state index contributed by atoms with van der Waals surface area (Å²) >= 11 is 0. The number of amides is 1. The second-order valence-corrected chi connectivity index (χ2v) is 4.39. The Morgan fingerprint density at radius 1 is 1.50 bits per heavy atom. The van der Waals surface area contributed by atoms with Gasteiger partial charge in [-0.15, -0.1) is 0 Å². The zero-order valence-electron chi connectivity index (χ0n) is 11.1. The van der Waals surface area contributed by atoms with Gasteiger partial charge < -0.3 is 14.6 Å². The predicted octanol–water partition coefficient (Wildman–Crippen LogP) is 1.63. The number of nitro benzene ring substituents is 1. The molecule has 20 heavy (non-hydrogen) atoms. The molecule has 0 saturated carbocycles. The minimum atomic E-state index is -0.489. The van der Waals surface area contributed by atoms with Crippen molar-refractivity contribution < 1.29 is 14.1 Å². The lowest BCUT2D eigenvalue weighted by atomic mass is 10.3. The number of hydrogen-bond donors (Lipinski definition) is 1. The summed E-state index contributed by atoms with van der Waals surface area (Å²) in [5.41, 5.74) is 0.817. The normalized spacial score (nSPS) is 10.5. The van der Waals surface area contributed by atoms with Gasteiger partial charge in [-0.05, 0) is 6.07 Å². The number of hydrogen-bond acceptors (Lipinski definition) is 6. The maximum absolute atomic E-state index is 11.4. The zero-order chi connectivity index (χ0) is 14.7. The largest absolute Gasteiger partial charge is 0.424 e. The fourth-order valence-electron chi connectivity index (χ4n) is 1.60. The molecule has 2 rings (SSSR count). The third kappa shape index (κ3) is 3.02. The van der Waals surface area contributed by atoms with Gasteiger partial charge in [-0.25, -0.2) is 0 Å². The molecule has 106 valence electrons. The van der Waals surface area contributed by atoms with E-state index in [-0.39, 0.29) is 17.6 Å².